The molecule has 0 aromatic heterocycles. The zero-order valence-electron chi connectivity index (χ0n) is 15.6. The first-order valence-corrected chi connectivity index (χ1v) is 9.03. The number of benzene rings is 2. The van der Waals surface area contributed by atoms with Gasteiger partial charge < -0.3 is 16.2 Å². The van der Waals surface area contributed by atoms with Gasteiger partial charge in [-0.3, -0.25) is 9.69 Å². The van der Waals surface area contributed by atoms with Crippen LogP contribution in [0.4, 0.5) is 5.69 Å². The van der Waals surface area contributed by atoms with Crippen LogP contribution in [0, 0.1) is 5.92 Å². The molecule has 0 bridgehead atoms. The van der Waals surface area contributed by atoms with Gasteiger partial charge in [0.15, 0.2) is 0 Å². The van der Waals surface area contributed by atoms with E-state index in [2.05, 4.69) is 22.3 Å². The van der Waals surface area contributed by atoms with Crippen molar-refractivity contribution in [2.75, 3.05) is 25.4 Å². The summed E-state index contributed by atoms with van der Waals surface area (Å²) < 4.78 is 0. The van der Waals surface area contributed by atoms with E-state index < -0.39 is 6.10 Å². The first-order chi connectivity index (χ1) is 12.5. The number of nitrogens with zero attached hydrogens (tertiary/aromatic N) is 1. The molecule has 0 saturated carbocycles. The Bertz CT molecular complexity index is 671. The van der Waals surface area contributed by atoms with Crippen molar-refractivity contribution in [2.45, 2.75) is 26.5 Å². The molecule has 1 amide bonds. The molecule has 0 fully saturated rings. The van der Waals surface area contributed by atoms with Gasteiger partial charge in [0.25, 0.3) is 0 Å². The van der Waals surface area contributed by atoms with Gasteiger partial charge in [0, 0.05) is 37.8 Å². The predicted octanol–water partition coefficient (Wildman–Crippen LogP) is 2.58. The number of hydrogen-bond donors (Lipinski definition) is 3. The number of nitrogens with one attached hydrogen (secondary N) is 1. The second-order valence-electron chi connectivity index (χ2n) is 6.85. The molecule has 0 heterocycles. The van der Waals surface area contributed by atoms with E-state index in [-0.39, 0.29) is 11.8 Å². The fourth-order valence-corrected chi connectivity index (χ4v) is 2.69. The molecule has 0 aliphatic heterocycles. The van der Waals surface area contributed by atoms with Crippen LogP contribution >= 0.6 is 0 Å². The average Bonchev–Trinajstić information content (AvgIpc) is 2.62. The molecule has 5 nitrogen and oxygen atoms in total. The number of nitrogen functional groups attached to an aromatic ring is 1. The summed E-state index contributed by atoms with van der Waals surface area (Å²) in [6.07, 6.45) is -0.611. The Kier molecular flexibility index (Phi) is 7.63. The van der Waals surface area contributed by atoms with Crippen molar-refractivity contribution in [2.24, 2.45) is 5.92 Å². The molecule has 140 valence electrons. The molecule has 26 heavy (non-hydrogen) atoms. The van der Waals surface area contributed by atoms with E-state index in [1.165, 1.54) is 5.56 Å². The molecule has 0 spiro atoms. The van der Waals surface area contributed by atoms with Gasteiger partial charge >= 0.3 is 0 Å². The van der Waals surface area contributed by atoms with Crippen LogP contribution in [0.15, 0.2) is 54.6 Å². The largest absolute Gasteiger partial charge is 0.399 e. The number of anilines is 1. The van der Waals surface area contributed by atoms with Crippen molar-refractivity contribution in [3.63, 3.8) is 0 Å². The lowest BCUT2D eigenvalue weighted by molar-refractivity contribution is -0.124. The smallest absolute Gasteiger partial charge is 0.222 e. The Labute approximate surface area is 155 Å². The van der Waals surface area contributed by atoms with Gasteiger partial charge in [-0.1, -0.05) is 56.3 Å². The summed E-state index contributed by atoms with van der Waals surface area (Å²) in [6.45, 7) is 6.17. The maximum Gasteiger partial charge on any atom is 0.222 e. The third-order valence-corrected chi connectivity index (χ3v) is 4.25. The highest BCUT2D eigenvalue weighted by molar-refractivity contribution is 5.77. The van der Waals surface area contributed by atoms with Crippen LogP contribution in [0.5, 0.6) is 0 Å². The minimum atomic E-state index is -0.611. The molecule has 0 saturated heterocycles. The van der Waals surface area contributed by atoms with Crippen molar-refractivity contribution in [3.05, 3.63) is 65.7 Å². The van der Waals surface area contributed by atoms with Gasteiger partial charge in [-0.05, 0) is 23.3 Å². The van der Waals surface area contributed by atoms with E-state index in [4.69, 9.17) is 5.73 Å². The van der Waals surface area contributed by atoms with E-state index in [0.29, 0.717) is 31.9 Å². The Morgan fingerprint density at radius 3 is 2.38 bits per heavy atom. The highest BCUT2D eigenvalue weighted by Crippen LogP contribution is 2.17. The molecule has 1 atom stereocenters. The Morgan fingerprint density at radius 2 is 1.77 bits per heavy atom. The van der Waals surface area contributed by atoms with Gasteiger partial charge in [-0.2, -0.15) is 0 Å². The monoisotopic (exact) mass is 355 g/mol. The number of aliphatic hydroxyl groups excluding tert-OH is 1. The lowest BCUT2D eigenvalue weighted by Gasteiger charge is -2.26. The van der Waals surface area contributed by atoms with E-state index in [0.717, 1.165) is 5.56 Å². The first kappa shape index (κ1) is 19.9. The van der Waals surface area contributed by atoms with E-state index in [1.54, 1.807) is 12.1 Å². The topological polar surface area (TPSA) is 78.6 Å². The summed E-state index contributed by atoms with van der Waals surface area (Å²) in [5.74, 6) is 0.0154. The van der Waals surface area contributed by atoms with Crippen LogP contribution in [0.25, 0.3) is 0 Å². The van der Waals surface area contributed by atoms with Crippen molar-refractivity contribution < 1.29 is 9.90 Å². The Hall–Kier alpha value is -2.37. The SMILES string of the molecule is CC(C)C(=O)NCCN(Cc1ccccc1)CC(O)c1ccc(N)cc1. The zero-order valence-corrected chi connectivity index (χ0v) is 15.6. The normalized spacial score (nSPS) is 12.3. The number of carbonyl (C=O) groups excluding carboxylic acids is 1. The lowest BCUT2D eigenvalue weighted by atomic mass is 10.1. The predicted molar refractivity (Wildman–Crippen MR) is 105 cm³/mol. The molecule has 0 aliphatic carbocycles. The van der Waals surface area contributed by atoms with Crippen LogP contribution < -0.4 is 11.1 Å². The second kappa shape index (κ2) is 9.94. The number of rotatable bonds is 9. The first-order valence-electron chi connectivity index (χ1n) is 9.03. The molecule has 2 aromatic carbocycles. The number of aliphatic hydroxyl groups is 1. The fourth-order valence-electron chi connectivity index (χ4n) is 2.69. The molecule has 1 unspecified atom stereocenters. The van der Waals surface area contributed by atoms with E-state index in [9.17, 15) is 9.90 Å². The van der Waals surface area contributed by atoms with Crippen molar-refractivity contribution in [3.8, 4) is 0 Å². The van der Waals surface area contributed by atoms with E-state index in [1.807, 2.05) is 44.2 Å². The number of hydrogen-bond acceptors (Lipinski definition) is 4. The summed E-state index contributed by atoms with van der Waals surface area (Å²) in [4.78, 5) is 13.9. The summed E-state index contributed by atoms with van der Waals surface area (Å²) >= 11 is 0. The third kappa shape index (κ3) is 6.50. The van der Waals surface area contributed by atoms with Crippen molar-refractivity contribution >= 4 is 11.6 Å². The minimum Gasteiger partial charge on any atom is -0.399 e. The molecule has 5 heteroatoms. The lowest BCUT2D eigenvalue weighted by Crippen LogP contribution is -2.38. The van der Waals surface area contributed by atoms with Gasteiger partial charge in [-0.15, -0.1) is 0 Å². The fraction of sp³-hybridized carbons (Fsp3) is 0.381. The van der Waals surface area contributed by atoms with Crippen LogP contribution in [0.2, 0.25) is 0 Å². The Balaban J connectivity index is 1.99. The molecule has 0 radical (unpaired) electrons. The summed E-state index contributed by atoms with van der Waals surface area (Å²) in [5.41, 5.74) is 8.41. The molecule has 0 aliphatic rings. The number of nitrogens with two attached hydrogens (primary N) is 1. The minimum absolute atomic E-state index is 0.0297. The second-order valence-corrected chi connectivity index (χ2v) is 6.85. The van der Waals surface area contributed by atoms with Crippen LogP contribution in [0.3, 0.4) is 0 Å². The highest BCUT2D eigenvalue weighted by atomic mass is 16.3. The van der Waals surface area contributed by atoms with Crippen molar-refractivity contribution in [1.29, 1.82) is 0 Å². The van der Waals surface area contributed by atoms with Gasteiger partial charge in [0.2, 0.25) is 5.91 Å². The molecule has 4 N–H and O–H groups in total. The van der Waals surface area contributed by atoms with Crippen LogP contribution in [0.1, 0.15) is 31.1 Å². The number of amides is 1. The molecule has 2 aromatic rings. The standard InChI is InChI=1S/C21H29N3O2/c1-16(2)21(26)23-12-13-24(14-17-6-4-3-5-7-17)15-20(25)18-8-10-19(22)11-9-18/h3-11,16,20,25H,12-15,22H2,1-2H3,(H,23,26). The summed E-state index contributed by atoms with van der Waals surface area (Å²) in [7, 11) is 0. The maximum atomic E-state index is 11.8. The van der Waals surface area contributed by atoms with E-state index >= 15 is 0 Å². The third-order valence-electron chi connectivity index (χ3n) is 4.25. The summed E-state index contributed by atoms with van der Waals surface area (Å²) in [5, 5.41) is 13.5. The zero-order chi connectivity index (χ0) is 18.9. The number of carbonyl (C=O) groups is 1. The van der Waals surface area contributed by atoms with Gasteiger partial charge in [0.1, 0.15) is 0 Å². The maximum absolute atomic E-state index is 11.8. The summed E-state index contributed by atoms with van der Waals surface area (Å²) in [6, 6.07) is 17.4. The van der Waals surface area contributed by atoms with Crippen LogP contribution in [-0.2, 0) is 11.3 Å². The van der Waals surface area contributed by atoms with Crippen molar-refractivity contribution in [1.82, 2.24) is 10.2 Å². The highest BCUT2D eigenvalue weighted by Gasteiger charge is 2.15. The van der Waals surface area contributed by atoms with Crippen LogP contribution in [-0.4, -0.2) is 35.5 Å². The molecular formula is C21H29N3O2. The molecule has 2 rings (SSSR count). The average molecular weight is 355 g/mol. The quantitative estimate of drug-likeness (QED) is 0.604. The Morgan fingerprint density at radius 1 is 1.12 bits per heavy atom. The molecular weight excluding hydrogens is 326 g/mol. The van der Waals surface area contributed by atoms with Gasteiger partial charge in [0.05, 0.1) is 6.10 Å². The van der Waals surface area contributed by atoms with Gasteiger partial charge in [-0.25, -0.2) is 0 Å².